The van der Waals surface area contributed by atoms with Gasteiger partial charge >= 0.3 is 39.0 Å². The molecular weight excluding hydrogens is 400 g/mol. The molecule has 0 aromatic heterocycles. The van der Waals surface area contributed by atoms with Crippen molar-refractivity contribution in [3.05, 3.63) is 60.7 Å². The third kappa shape index (κ3) is 9.73. The van der Waals surface area contributed by atoms with Crippen LogP contribution in [0.25, 0.3) is 0 Å². The molecule has 0 amide bonds. The molecule has 0 aliphatic carbocycles. The zero-order valence-electron chi connectivity index (χ0n) is 13.7. The van der Waals surface area contributed by atoms with E-state index in [2.05, 4.69) is 30.9 Å². The van der Waals surface area contributed by atoms with Gasteiger partial charge in [0.05, 0.1) is 37.1 Å². The van der Waals surface area contributed by atoms with Crippen LogP contribution in [0.4, 0.5) is 25.2 Å². The minimum absolute atomic E-state index is 0.216. The molecule has 0 saturated heterocycles. The number of carboxylic acid groups (broad SMARTS) is 1. The molecule has 0 unspecified atom stereocenters. The topological polar surface area (TPSA) is 37.3 Å². The zero-order chi connectivity index (χ0) is 20.1. The van der Waals surface area contributed by atoms with Crippen molar-refractivity contribution in [3.8, 4) is 0 Å². The van der Waals surface area contributed by atoms with E-state index < -0.39 is 21.0 Å². The zero-order valence-corrected chi connectivity index (χ0v) is 15.5. The van der Waals surface area contributed by atoms with Crippen molar-refractivity contribution >= 4 is 31.6 Å². The van der Waals surface area contributed by atoms with E-state index in [-0.39, 0.29) is 6.42 Å². The van der Waals surface area contributed by atoms with Crippen molar-refractivity contribution in [2.75, 3.05) is 12.8 Å². The van der Waals surface area contributed by atoms with Gasteiger partial charge in [-0.1, -0.05) is 36.4 Å². The van der Waals surface area contributed by atoms with Crippen LogP contribution in [0.1, 0.15) is 6.42 Å². The molecule has 0 aliphatic heterocycles. The van der Waals surface area contributed by atoms with Gasteiger partial charge < -0.3 is 5.11 Å². The third-order valence-corrected chi connectivity index (χ3v) is 7.42. The van der Waals surface area contributed by atoms with Gasteiger partial charge in [-0.05, 0) is 24.3 Å². The van der Waals surface area contributed by atoms with E-state index in [0.29, 0.717) is 6.16 Å². The first-order valence-corrected chi connectivity index (χ1v) is 11.8. The van der Waals surface area contributed by atoms with Gasteiger partial charge in [0.1, 0.15) is 0 Å². The third-order valence-electron chi connectivity index (χ3n) is 3.43. The van der Waals surface area contributed by atoms with E-state index in [9.17, 15) is 30.0 Å². The maximum absolute atomic E-state index is 10.9. The molecular formula is C16H18F6O2P2. The Hall–Kier alpha value is -1.65. The van der Waals surface area contributed by atoms with Gasteiger partial charge in [-0.25, -0.2) is 0 Å². The van der Waals surface area contributed by atoms with Gasteiger partial charge in [0.2, 0.25) is 0 Å². The Kier molecular flexibility index (Phi) is 6.17. The summed E-state index contributed by atoms with van der Waals surface area (Å²) in [5.41, 5.74) is 0. The number of hydrogen-bond donors (Lipinski definition) is 1. The number of rotatable bonds is 5. The van der Waals surface area contributed by atoms with E-state index >= 15 is 0 Å². The van der Waals surface area contributed by atoms with Crippen molar-refractivity contribution in [3.63, 3.8) is 0 Å². The van der Waals surface area contributed by atoms with Gasteiger partial charge in [-0.3, -0.25) is 4.79 Å². The molecule has 2 aromatic rings. The molecule has 0 aliphatic rings. The van der Waals surface area contributed by atoms with Crippen molar-refractivity contribution in [1.82, 2.24) is 0 Å². The number of aliphatic carboxylic acids is 1. The van der Waals surface area contributed by atoms with Crippen LogP contribution in [0.5, 0.6) is 0 Å². The first-order chi connectivity index (χ1) is 11.6. The Bertz CT molecular complexity index is 683. The summed E-state index contributed by atoms with van der Waals surface area (Å²) in [6.45, 7) is 2.22. The average Bonchev–Trinajstić information content (AvgIpc) is 2.51. The quantitative estimate of drug-likeness (QED) is 0.468. The van der Waals surface area contributed by atoms with Crippen molar-refractivity contribution < 1.29 is 35.1 Å². The van der Waals surface area contributed by atoms with Crippen LogP contribution in [-0.4, -0.2) is 23.9 Å². The van der Waals surface area contributed by atoms with E-state index in [0.717, 1.165) is 0 Å². The minimum atomic E-state index is -10.7. The second-order valence-electron chi connectivity index (χ2n) is 5.69. The summed E-state index contributed by atoms with van der Waals surface area (Å²) in [6, 6.07) is 20.5. The van der Waals surface area contributed by atoms with Gasteiger partial charge in [-0.15, -0.1) is 0 Å². The molecule has 146 valence electrons. The van der Waals surface area contributed by atoms with Crippen LogP contribution in [0.3, 0.4) is 0 Å². The first-order valence-electron chi connectivity index (χ1n) is 7.33. The molecule has 1 N–H and O–H groups in total. The molecule has 0 heterocycles. The van der Waals surface area contributed by atoms with Gasteiger partial charge in [0.15, 0.2) is 0 Å². The summed E-state index contributed by atoms with van der Waals surface area (Å²) >= 11 is 0. The normalized spacial score (nSPS) is 14.4. The second-order valence-corrected chi connectivity index (χ2v) is 11.5. The fourth-order valence-electron chi connectivity index (χ4n) is 2.24. The van der Waals surface area contributed by atoms with Crippen molar-refractivity contribution in [2.45, 2.75) is 6.42 Å². The Morgan fingerprint density at radius 2 is 1.15 bits per heavy atom. The SMILES string of the molecule is C[P+](CCC(=O)O)(c1ccccc1)c1ccccc1.F[P-](F)(F)(F)(F)F. The summed E-state index contributed by atoms with van der Waals surface area (Å²) in [7, 11) is -12.3. The molecule has 0 fully saturated rings. The molecule has 2 aromatic carbocycles. The standard InChI is InChI=1S/C16H17O2P.F6P/c1-19(13-12-16(17)18,14-8-4-2-5-9-14)15-10-6-3-7-11-15;1-7(2,3,4,5)6/h2-11H,12-13H2,1H3;/q;-1/p+1. The Morgan fingerprint density at radius 3 is 1.42 bits per heavy atom. The van der Waals surface area contributed by atoms with Crippen LogP contribution in [0.2, 0.25) is 0 Å². The van der Waals surface area contributed by atoms with E-state index in [1.807, 2.05) is 36.4 Å². The van der Waals surface area contributed by atoms with Crippen LogP contribution < -0.4 is 10.6 Å². The van der Waals surface area contributed by atoms with Crippen LogP contribution in [0.15, 0.2) is 60.7 Å². The van der Waals surface area contributed by atoms with E-state index in [4.69, 9.17) is 5.11 Å². The first kappa shape index (κ1) is 22.4. The molecule has 2 rings (SSSR count). The second kappa shape index (κ2) is 7.16. The molecule has 0 atom stereocenters. The van der Waals surface area contributed by atoms with Crippen LogP contribution in [-0.2, 0) is 4.79 Å². The summed E-state index contributed by atoms with van der Waals surface area (Å²) in [5, 5.41) is 11.5. The number of benzene rings is 2. The molecule has 0 saturated carbocycles. The van der Waals surface area contributed by atoms with Gasteiger partial charge in [0, 0.05) is 0 Å². The molecule has 2 nitrogen and oxygen atoms in total. The van der Waals surface area contributed by atoms with Crippen LogP contribution in [0, 0.1) is 0 Å². The summed E-state index contributed by atoms with van der Waals surface area (Å²) in [4.78, 5) is 10.9. The Balaban J connectivity index is 0.000000412. The van der Waals surface area contributed by atoms with Crippen molar-refractivity contribution in [2.24, 2.45) is 0 Å². The predicted molar refractivity (Wildman–Crippen MR) is 95.7 cm³/mol. The van der Waals surface area contributed by atoms with Crippen LogP contribution >= 0.6 is 15.1 Å². The Labute approximate surface area is 147 Å². The van der Waals surface area contributed by atoms with E-state index in [1.54, 1.807) is 0 Å². The fraction of sp³-hybridized carbons (Fsp3) is 0.188. The predicted octanol–water partition coefficient (Wildman–Crippen LogP) is 6.14. The molecule has 0 spiro atoms. The summed E-state index contributed by atoms with van der Waals surface area (Å²) < 4.78 is 59.2. The summed E-state index contributed by atoms with van der Waals surface area (Å²) in [6.07, 6.45) is 0.921. The molecule has 0 bridgehead atoms. The molecule has 10 heteroatoms. The monoisotopic (exact) mass is 418 g/mol. The van der Waals surface area contributed by atoms with Crippen molar-refractivity contribution in [1.29, 1.82) is 0 Å². The number of carboxylic acids is 1. The fourth-order valence-corrected chi connectivity index (χ4v) is 5.35. The van der Waals surface area contributed by atoms with Gasteiger partial charge in [-0.2, -0.15) is 0 Å². The Morgan fingerprint density at radius 1 is 0.846 bits per heavy atom. The molecule has 0 radical (unpaired) electrons. The van der Waals surface area contributed by atoms with Gasteiger partial charge in [0.25, 0.3) is 0 Å². The number of hydrogen-bond acceptors (Lipinski definition) is 1. The average molecular weight is 418 g/mol. The number of carbonyl (C=O) groups is 1. The molecule has 26 heavy (non-hydrogen) atoms. The maximum atomic E-state index is 10.9. The number of halogens is 6. The van der Waals surface area contributed by atoms with E-state index in [1.165, 1.54) is 10.6 Å². The summed E-state index contributed by atoms with van der Waals surface area (Å²) in [5.74, 6) is -0.724.